The SMILES string of the molecule is c1ccc2cc(-c3nc(-c4ccc5ccccc5c4)nc(-c4ccc5c6c(cccc46)-c4cc6ccccc6cc4-5)n3)ccc2c1. The molecule has 0 amide bonds. The number of fused-ring (bicyclic) bond motifs is 6. The van der Waals surface area contributed by atoms with Crippen molar-refractivity contribution in [3.63, 3.8) is 0 Å². The summed E-state index contributed by atoms with van der Waals surface area (Å²) >= 11 is 0. The van der Waals surface area contributed by atoms with Gasteiger partial charge in [-0.25, -0.2) is 15.0 Å². The molecule has 1 aliphatic rings. The molecule has 1 aliphatic carbocycles. The lowest BCUT2D eigenvalue weighted by Gasteiger charge is -2.12. The van der Waals surface area contributed by atoms with Gasteiger partial charge in [0, 0.05) is 16.7 Å². The van der Waals surface area contributed by atoms with Gasteiger partial charge in [0.2, 0.25) is 0 Å². The van der Waals surface area contributed by atoms with Gasteiger partial charge in [0.25, 0.3) is 0 Å². The molecule has 0 unspecified atom stereocenters. The van der Waals surface area contributed by atoms with Gasteiger partial charge in [-0.05, 0) is 95.7 Å². The normalized spacial score (nSPS) is 11.9. The van der Waals surface area contributed by atoms with Gasteiger partial charge in [-0.15, -0.1) is 0 Å². The third-order valence-electron chi connectivity index (χ3n) is 9.40. The quantitative estimate of drug-likeness (QED) is 0.208. The van der Waals surface area contributed by atoms with Crippen molar-refractivity contribution in [2.24, 2.45) is 0 Å². The Morgan fingerprint density at radius 1 is 0.283 bits per heavy atom. The minimum atomic E-state index is 0.664. The van der Waals surface area contributed by atoms with Crippen molar-refractivity contribution < 1.29 is 0 Å². The summed E-state index contributed by atoms with van der Waals surface area (Å²) in [5.41, 5.74) is 8.01. The lowest BCUT2D eigenvalue weighted by Crippen LogP contribution is -2.00. The van der Waals surface area contributed by atoms with Gasteiger partial charge >= 0.3 is 0 Å². The van der Waals surface area contributed by atoms with Crippen molar-refractivity contribution in [3.8, 4) is 56.4 Å². The fraction of sp³-hybridized carbons (Fsp3) is 0. The molecule has 0 saturated carbocycles. The molecule has 10 rings (SSSR count). The molecule has 0 bridgehead atoms. The maximum atomic E-state index is 5.17. The summed E-state index contributed by atoms with van der Waals surface area (Å²) in [5, 5.41) is 9.60. The highest BCUT2D eigenvalue weighted by Gasteiger charge is 2.24. The lowest BCUT2D eigenvalue weighted by atomic mass is 9.97. The van der Waals surface area contributed by atoms with E-state index in [2.05, 4.69) is 152 Å². The number of nitrogens with zero attached hydrogens (tertiary/aromatic N) is 3. The summed E-state index contributed by atoms with van der Waals surface area (Å²) in [6.45, 7) is 0. The molecule has 212 valence electrons. The Morgan fingerprint density at radius 2 is 0.739 bits per heavy atom. The minimum Gasteiger partial charge on any atom is -0.208 e. The van der Waals surface area contributed by atoms with E-state index >= 15 is 0 Å². The molecular formula is C43H25N3. The van der Waals surface area contributed by atoms with Gasteiger partial charge in [0.15, 0.2) is 17.5 Å². The fourth-order valence-electron chi connectivity index (χ4n) is 7.15. The van der Waals surface area contributed by atoms with Crippen molar-refractivity contribution >= 4 is 43.1 Å². The molecule has 0 radical (unpaired) electrons. The number of benzene rings is 8. The van der Waals surface area contributed by atoms with Crippen LogP contribution >= 0.6 is 0 Å². The number of hydrogen-bond donors (Lipinski definition) is 0. The minimum absolute atomic E-state index is 0.664. The molecule has 1 heterocycles. The second-order valence-corrected chi connectivity index (χ2v) is 12.1. The first-order valence-corrected chi connectivity index (χ1v) is 15.6. The molecule has 0 atom stereocenters. The van der Waals surface area contributed by atoms with Crippen molar-refractivity contribution in [1.29, 1.82) is 0 Å². The second-order valence-electron chi connectivity index (χ2n) is 12.1. The van der Waals surface area contributed by atoms with E-state index in [1.807, 2.05) is 0 Å². The van der Waals surface area contributed by atoms with Crippen LogP contribution in [-0.4, -0.2) is 15.0 Å². The zero-order valence-corrected chi connectivity index (χ0v) is 24.8. The first kappa shape index (κ1) is 25.2. The summed E-state index contributed by atoms with van der Waals surface area (Å²) in [7, 11) is 0. The van der Waals surface area contributed by atoms with E-state index in [0.29, 0.717) is 17.5 Å². The van der Waals surface area contributed by atoms with Crippen LogP contribution < -0.4 is 0 Å². The zero-order valence-electron chi connectivity index (χ0n) is 24.8. The third kappa shape index (κ3) is 3.82. The van der Waals surface area contributed by atoms with Crippen molar-refractivity contribution in [2.75, 3.05) is 0 Å². The first-order valence-electron chi connectivity index (χ1n) is 15.6. The monoisotopic (exact) mass is 583 g/mol. The second kappa shape index (κ2) is 9.65. The van der Waals surface area contributed by atoms with Crippen LogP contribution in [-0.2, 0) is 0 Å². The number of hydrogen-bond acceptors (Lipinski definition) is 3. The zero-order chi connectivity index (χ0) is 30.2. The highest BCUT2D eigenvalue weighted by molar-refractivity contribution is 6.20. The van der Waals surface area contributed by atoms with Crippen LogP contribution in [0.4, 0.5) is 0 Å². The van der Waals surface area contributed by atoms with Gasteiger partial charge in [-0.3, -0.25) is 0 Å². The summed E-state index contributed by atoms with van der Waals surface area (Å²) in [6.07, 6.45) is 0. The molecule has 0 saturated heterocycles. The van der Waals surface area contributed by atoms with Gasteiger partial charge in [0.1, 0.15) is 0 Å². The Balaban J connectivity index is 1.21. The van der Waals surface area contributed by atoms with E-state index in [1.54, 1.807) is 0 Å². The maximum absolute atomic E-state index is 5.17. The van der Waals surface area contributed by atoms with E-state index in [0.717, 1.165) is 32.8 Å². The van der Waals surface area contributed by atoms with E-state index in [9.17, 15) is 0 Å². The summed E-state index contributed by atoms with van der Waals surface area (Å²) in [5.74, 6) is 2.00. The largest absolute Gasteiger partial charge is 0.208 e. The molecule has 0 aliphatic heterocycles. The molecular weight excluding hydrogens is 558 g/mol. The molecule has 1 aromatic heterocycles. The smallest absolute Gasteiger partial charge is 0.164 e. The Kier molecular flexibility index (Phi) is 5.28. The molecule has 0 spiro atoms. The van der Waals surface area contributed by atoms with E-state index < -0.39 is 0 Å². The molecule has 46 heavy (non-hydrogen) atoms. The molecule has 0 N–H and O–H groups in total. The van der Waals surface area contributed by atoms with Crippen LogP contribution in [0.25, 0.3) is 99.5 Å². The Hall–Kier alpha value is -6.19. The molecule has 8 aromatic carbocycles. The van der Waals surface area contributed by atoms with E-state index in [1.165, 1.54) is 49.2 Å². The van der Waals surface area contributed by atoms with Crippen LogP contribution in [0.3, 0.4) is 0 Å². The van der Waals surface area contributed by atoms with Crippen molar-refractivity contribution in [3.05, 3.63) is 152 Å². The molecule has 3 heteroatoms. The predicted octanol–water partition coefficient (Wildman–Crippen LogP) is 11.1. The molecule has 9 aromatic rings. The van der Waals surface area contributed by atoms with Crippen molar-refractivity contribution in [2.45, 2.75) is 0 Å². The number of aromatic nitrogens is 3. The third-order valence-corrected chi connectivity index (χ3v) is 9.40. The standard InChI is InChI=1S/C43H25N3/c1-3-10-28-22-32(18-16-26(28)8-1)41-44-42(33-19-17-27-9-2-4-11-29(27)23-33)46-43(45-41)37-21-20-36-39-25-31-13-6-5-12-30(31)24-38(39)35-15-7-14-34(37)40(35)36/h1-25H. The first-order chi connectivity index (χ1) is 22.8. The highest BCUT2D eigenvalue weighted by Crippen LogP contribution is 2.50. The summed E-state index contributed by atoms with van der Waals surface area (Å²) in [4.78, 5) is 15.4. The average molecular weight is 584 g/mol. The van der Waals surface area contributed by atoms with E-state index in [4.69, 9.17) is 15.0 Å². The number of rotatable bonds is 3. The lowest BCUT2D eigenvalue weighted by molar-refractivity contribution is 1.08. The Labute approximate surface area is 265 Å². The average Bonchev–Trinajstić information content (AvgIpc) is 3.43. The Morgan fingerprint density at radius 3 is 1.30 bits per heavy atom. The topological polar surface area (TPSA) is 38.7 Å². The Bertz CT molecular complexity index is 2560. The summed E-state index contributed by atoms with van der Waals surface area (Å²) in [6, 6.07) is 54.0. The van der Waals surface area contributed by atoms with Gasteiger partial charge in [0.05, 0.1) is 0 Å². The maximum Gasteiger partial charge on any atom is 0.164 e. The van der Waals surface area contributed by atoms with Crippen LogP contribution in [0, 0.1) is 0 Å². The van der Waals surface area contributed by atoms with Gasteiger partial charge in [-0.1, -0.05) is 121 Å². The van der Waals surface area contributed by atoms with Gasteiger partial charge in [-0.2, -0.15) is 0 Å². The van der Waals surface area contributed by atoms with Crippen LogP contribution in [0.2, 0.25) is 0 Å². The van der Waals surface area contributed by atoms with Crippen LogP contribution in [0.1, 0.15) is 0 Å². The fourth-order valence-corrected chi connectivity index (χ4v) is 7.15. The van der Waals surface area contributed by atoms with E-state index in [-0.39, 0.29) is 0 Å². The van der Waals surface area contributed by atoms with Crippen LogP contribution in [0.15, 0.2) is 152 Å². The van der Waals surface area contributed by atoms with Crippen molar-refractivity contribution in [1.82, 2.24) is 15.0 Å². The highest BCUT2D eigenvalue weighted by atomic mass is 15.0. The van der Waals surface area contributed by atoms with Crippen LogP contribution in [0.5, 0.6) is 0 Å². The summed E-state index contributed by atoms with van der Waals surface area (Å²) < 4.78 is 0. The molecule has 0 fully saturated rings. The predicted molar refractivity (Wildman–Crippen MR) is 191 cm³/mol. The van der Waals surface area contributed by atoms with Gasteiger partial charge < -0.3 is 0 Å². The molecule has 3 nitrogen and oxygen atoms in total.